The quantitative estimate of drug-likeness (QED) is 0.743. The second-order valence-electron chi connectivity index (χ2n) is 8.78. The number of benzene rings is 1. The number of nitrogens with zero attached hydrogens (tertiary/aromatic N) is 5. The zero-order chi connectivity index (χ0) is 22.2. The molecule has 2 aromatic rings. The Morgan fingerprint density at radius 1 is 1.32 bits per heavy atom. The predicted molar refractivity (Wildman–Crippen MR) is 118 cm³/mol. The Labute approximate surface area is 182 Å². The number of carbonyl (C=O) groups excluding carboxylic acids is 1. The van der Waals surface area contributed by atoms with Gasteiger partial charge in [0, 0.05) is 24.6 Å². The number of hydrogen-bond acceptors (Lipinski definition) is 7. The van der Waals surface area contributed by atoms with Crippen molar-refractivity contribution in [2.24, 2.45) is 16.1 Å². The number of aliphatic hydroxyl groups is 1. The number of rotatable bonds is 5. The summed E-state index contributed by atoms with van der Waals surface area (Å²) in [5, 5.41) is 24.6. The van der Waals surface area contributed by atoms with Crippen LogP contribution in [0.4, 0.5) is 5.69 Å². The van der Waals surface area contributed by atoms with E-state index in [9.17, 15) is 9.90 Å². The standard InChI is InChI=1S/C23H28N5O3/c1-15(2)23(4,30)21-13-19(26-31-21)17-10-9-16(3)27(14-17)22(29)18-7-5-6-8-20(18)28-24-11-12-25-28/h5-8,11,13,15-17,30H,9-10,14H2,1-4H3/q+1/t16-,17-,23?/m1/s1. The molecular weight excluding hydrogens is 394 g/mol. The third-order valence-corrected chi connectivity index (χ3v) is 6.44. The molecule has 0 spiro atoms. The second-order valence-corrected chi connectivity index (χ2v) is 8.78. The van der Waals surface area contributed by atoms with Crippen LogP contribution in [0.25, 0.3) is 0 Å². The Hall–Kier alpha value is -3.09. The smallest absolute Gasteiger partial charge is 0.382 e. The van der Waals surface area contributed by atoms with E-state index in [4.69, 9.17) is 4.52 Å². The van der Waals surface area contributed by atoms with Crippen molar-refractivity contribution >= 4 is 24.0 Å². The summed E-state index contributed by atoms with van der Waals surface area (Å²) in [5.74, 6) is 0.426. The van der Waals surface area contributed by atoms with Crippen molar-refractivity contribution in [3.8, 4) is 0 Å². The van der Waals surface area contributed by atoms with Gasteiger partial charge in [-0.15, -0.1) is 0 Å². The number of hydrogen-bond donors (Lipinski definition) is 1. The molecular formula is C23H28N5O3+. The molecule has 1 N–H and O–H groups in total. The zero-order valence-electron chi connectivity index (χ0n) is 18.3. The summed E-state index contributed by atoms with van der Waals surface area (Å²) >= 11 is 0. The first-order chi connectivity index (χ1) is 14.8. The third-order valence-electron chi connectivity index (χ3n) is 6.44. The van der Waals surface area contributed by atoms with Crippen molar-refractivity contribution in [3.05, 3.63) is 47.3 Å². The molecule has 0 bridgehead atoms. The summed E-state index contributed by atoms with van der Waals surface area (Å²) in [5.41, 5.74) is 0.857. The third kappa shape index (κ3) is 3.96. The van der Waals surface area contributed by atoms with Gasteiger partial charge in [0.1, 0.15) is 16.4 Å². The van der Waals surface area contributed by atoms with Gasteiger partial charge >= 0.3 is 12.4 Å². The molecule has 0 radical (unpaired) electrons. The van der Waals surface area contributed by atoms with E-state index in [0.29, 0.717) is 23.6 Å². The number of carbonyl (C=O) groups is 1. The van der Waals surface area contributed by atoms with Crippen LogP contribution in [0.5, 0.6) is 0 Å². The number of piperidine rings is 1. The van der Waals surface area contributed by atoms with Crippen LogP contribution in [-0.4, -0.2) is 46.1 Å². The Morgan fingerprint density at radius 2 is 2.10 bits per heavy atom. The van der Waals surface area contributed by atoms with E-state index in [1.807, 2.05) is 43.0 Å². The van der Waals surface area contributed by atoms with Crippen LogP contribution in [-0.2, 0) is 5.60 Å². The van der Waals surface area contributed by atoms with Crippen LogP contribution in [0, 0.1) is 5.92 Å². The number of aromatic nitrogens is 1. The highest BCUT2D eigenvalue weighted by atomic mass is 16.5. The molecule has 8 nitrogen and oxygen atoms in total. The van der Waals surface area contributed by atoms with E-state index in [-0.39, 0.29) is 23.8 Å². The van der Waals surface area contributed by atoms with Crippen molar-refractivity contribution in [2.75, 3.05) is 11.7 Å². The van der Waals surface area contributed by atoms with Gasteiger partial charge in [0.15, 0.2) is 5.76 Å². The summed E-state index contributed by atoms with van der Waals surface area (Å²) in [7, 11) is 0. The fourth-order valence-electron chi connectivity index (χ4n) is 3.92. The molecule has 1 saturated heterocycles. The molecule has 1 amide bonds. The average molecular weight is 423 g/mol. The minimum absolute atomic E-state index is 0.0117. The first-order valence-electron chi connectivity index (χ1n) is 10.7. The lowest BCUT2D eigenvalue weighted by Gasteiger charge is -2.37. The number of para-hydroxylation sites is 1. The van der Waals surface area contributed by atoms with E-state index in [0.717, 1.165) is 18.5 Å². The van der Waals surface area contributed by atoms with Crippen LogP contribution in [0.1, 0.15) is 68.3 Å². The van der Waals surface area contributed by atoms with Gasteiger partial charge in [-0.2, -0.15) is 0 Å². The molecule has 31 heavy (non-hydrogen) atoms. The lowest BCUT2D eigenvalue weighted by atomic mass is 9.87. The molecule has 1 unspecified atom stereocenters. The number of amides is 1. The van der Waals surface area contributed by atoms with Crippen LogP contribution >= 0.6 is 0 Å². The van der Waals surface area contributed by atoms with Crippen LogP contribution < -0.4 is 5.12 Å². The normalized spacial score (nSPS) is 22.6. The van der Waals surface area contributed by atoms with Gasteiger partial charge in [-0.25, -0.2) is 0 Å². The maximum atomic E-state index is 13.5. The van der Waals surface area contributed by atoms with Crippen molar-refractivity contribution in [3.63, 3.8) is 0 Å². The number of likely N-dealkylation sites (tertiary alicyclic amines) is 1. The van der Waals surface area contributed by atoms with Crippen LogP contribution in [0.3, 0.4) is 0 Å². The molecule has 1 aromatic heterocycles. The fourth-order valence-corrected chi connectivity index (χ4v) is 3.92. The highest BCUT2D eigenvalue weighted by molar-refractivity contribution is 6.18. The lowest BCUT2D eigenvalue weighted by Crippen LogP contribution is -2.45. The topological polar surface area (TPSA) is 94.5 Å². The van der Waals surface area contributed by atoms with E-state index in [1.165, 1.54) is 11.3 Å². The summed E-state index contributed by atoms with van der Waals surface area (Å²) in [6.45, 7) is 8.21. The van der Waals surface area contributed by atoms with Crippen molar-refractivity contribution in [1.82, 2.24) is 10.1 Å². The molecule has 8 heteroatoms. The molecule has 4 rings (SSSR count). The molecule has 0 aliphatic carbocycles. The van der Waals surface area contributed by atoms with Gasteiger partial charge in [-0.3, -0.25) is 4.79 Å². The Bertz CT molecular complexity index is 998. The van der Waals surface area contributed by atoms with Gasteiger partial charge in [-0.1, -0.05) is 41.4 Å². The van der Waals surface area contributed by atoms with Gasteiger partial charge in [-0.05, 0) is 44.7 Å². The van der Waals surface area contributed by atoms with Gasteiger partial charge in [0.25, 0.3) is 5.91 Å². The summed E-state index contributed by atoms with van der Waals surface area (Å²) in [4.78, 5) is 15.4. The Balaban J connectivity index is 1.57. The molecule has 3 heterocycles. The number of hydrazone groups is 2. The molecule has 2 aliphatic heterocycles. The van der Waals surface area contributed by atoms with Crippen molar-refractivity contribution in [1.29, 1.82) is 0 Å². The summed E-state index contributed by atoms with van der Waals surface area (Å²) in [6.07, 6.45) is 5.90. The number of anilines is 1. The van der Waals surface area contributed by atoms with E-state index in [1.54, 1.807) is 13.0 Å². The van der Waals surface area contributed by atoms with Crippen LogP contribution in [0.15, 0.2) is 45.1 Å². The highest BCUT2D eigenvalue weighted by Gasteiger charge is 2.36. The summed E-state index contributed by atoms with van der Waals surface area (Å²) < 4.78 is 5.49. The van der Waals surface area contributed by atoms with E-state index >= 15 is 0 Å². The molecule has 0 saturated carbocycles. The van der Waals surface area contributed by atoms with Gasteiger partial charge < -0.3 is 14.5 Å². The monoisotopic (exact) mass is 422 g/mol. The van der Waals surface area contributed by atoms with Crippen molar-refractivity contribution in [2.45, 2.75) is 58.1 Å². The van der Waals surface area contributed by atoms with Gasteiger partial charge in [0.05, 0.1) is 11.3 Å². The fraction of sp³-hybridized carbons (Fsp3) is 0.478. The van der Waals surface area contributed by atoms with Crippen molar-refractivity contribution < 1.29 is 14.4 Å². The van der Waals surface area contributed by atoms with Gasteiger partial charge in [0.2, 0.25) is 0 Å². The minimum atomic E-state index is -1.09. The zero-order valence-corrected chi connectivity index (χ0v) is 18.3. The highest BCUT2D eigenvalue weighted by Crippen LogP contribution is 2.35. The average Bonchev–Trinajstić information content (AvgIpc) is 3.46. The Morgan fingerprint density at radius 3 is 2.81 bits per heavy atom. The first-order valence-corrected chi connectivity index (χ1v) is 10.7. The van der Waals surface area contributed by atoms with Crippen LogP contribution in [0.2, 0.25) is 0 Å². The lowest BCUT2D eigenvalue weighted by molar-refractivity contribution is -0.0158. The largest absolute Gasteiger partial charge is 0.445 e. The first kappa shape index (κ1) is 21.2. The minimum Gasteiger partial charge on any atom is -0.382 e. The van der Waals surface area contributed by atoms with E-state index < -0.39 is 5.60 Å². The molecule has 2 aliphatic rings. The maximum absolute atomic E-state index is 13.5. The maximum Gasteiger partial charge on any atom is 0.445 e. The molecule has 3 atom stereocenters. The SMILES string of the molecule is CC(C)C(C)(O)c1cc([C@@H]2CC[C@@H](C)N(C(=O)c3ccccc3N3N=[C+]C=N3)C2)no1. The predicted octanol–water partition coefficient (Wildman–Crippen LogP) is 3.62. The summed E-state index contributed by atoms with van der Waals surface area (Å²) in [6, 6.07) is 9.25. The molecule has 1 fully saturated rings. The van der Waals surface area contributed by atoms with E-state index in [2.05, 4.69) is 28.5 Å². The molecule has 1 aromatic carbocycles. The Kier molecular flexibility index (Phi) is 5.60. The second kappa shape index (κ2) is 8.21. The molecule has 162 valence electrons.